The van der Waals surface area contributed by atoms with Gasteiger partial charge in [-0.2, -0.15) is 10.5 Å². The largest absolute Gasteiger partial charge is 0.265 e. The number of hydrogen-bond acceptors (Lipinski definition) is 4. The standard InChI is InChI=1S/C16H13N3O2S/c17-11-4-12-19(15-5-2-1-3-6-15)22(20,21)16-9-7-14(13-18)8-10-16/h1-3,5-10H,4,12H2. The highest BCUT2D eigenvalue weighted by atomic mass is 32.2. The highest BCUT2D eigenvalue weighted by molar-refractivity contribution is 7.92. The number of nitrogens with zero attached hydrogens (tertiary/aromatic N) is 3. The third kappa shape index (κ3) is 3.25. The second kappa shape index (κ2) is 6.75. The fourth-order valence-corrected chi connectivity index (χ4v) is 3.43. The Kier molecular flexibility index (Phi) is 4.77. The molecule has 0 N–H and O–H groups in total. The summed E-state index contributed by atoms with van der Waals surface area (Å²) in [5.74, 6) is 0. The molecule has 2 rings (SSSR count). The number of hydrogen-bond donors (Lipinski definition) is 0. The maximum Gasteiger partial charge on any atom is 0.264 e. The summed E-state index contributed by atoms with van der Waals surface area (Å²) in [6.45, 7) is 0.0723. The Balaban J connectivity index is 2.45. The first-order valence-corrected chi connectivity index (χ1v) is 7.98. The second-order valence-corrected chi connectivity index (χ2v) is 6.32. The number of para-hydroxylation sites is 1. The van der Waals surface area contributed by atoms with Gasteiger partial charge in [-0.15, -0.1) is 0 Å². The normalized spacial score (nSPS) is 10.5. The van der Waals surface area contributed by atoms with Crippen molar-refractivity contribution in [3.63, 3.8) is 0 Å². The van der Waals surface area contributed by atoms with Gasteiger partial charge in [0.15, 0.2) is 0 Å². The van der Waals surface area contributed by atoms with Crippen molar-refractivity contribution >= 4 is 15.7 Å². The Morgan fingerprint density at radius 2 is 1.59 bits per heavy atom. The molecular formula is C16H13N3O2S. The summed E-state index contributed by atoms with van der Waals surface area (Å²) in [5.41, 5.74) is 0.893. The Morgan fingerprint density at radius 1 is 0.955 bits per heavy atom. The monoisotopic (exact) mass is 311 g/mol. The lowest BCUT2D eigenvalue weighted by atomic mass is 10.2. The van der Waals surface area contributed by atoms with Crippen LogP contribution in [0.4, 0.5) is 5.69 Å². The van der Waals surface area contributed by atoms with E-state index in [1.165, 1.54) is 28.6 Å². The molecule has 22 heavy (non-hydrogen) atoms. The molecule has 0 radical (unpaired) electrons. The maximum atomic E-state index is 12.8. The molecule has 0 spiro atoms. The molecule has 5 nitrogen and oxygen atoms in total. The van der Waals surface area contributed by atoms with Crippen LogP contribution in [0.1, 0.15) is 12.0 Å². The third-order valence-corrected chi connectivity index (χ3v) is 4.88. The Morgan fingerprint density at radius 3 is 2.14 bits per heavy atom. The molecule has 0 aromatic heterocycles. The lowest BCUT2D eigenvalue weighted by molar-refractivity contribution is 0.591. The second-order valence-electron chi connectivity index (χ2n) is 4.46. The summed E-state index contributed by atoms with van der Waals surface area (Å²) in [6, 6.07) is 18.3. The summed E-state index contributed by atoms with van der Waals surface area (Å²) >= 11 is 0. The van der Waals surface area contributed by atoms with Crippen LogP contribution in [0.25, 0.3) is 0 Å². The fraction of sp³-hybridized carbons (Fsp3) is 0.125. The van der Waals surface area contributed by atoms with Crippen molar-refractivity contribution < 1.29 is 8.42 Å². The first kappa shape index (κ1) is 15.6. The molecule has 0 amide bonds. The molecule has 6 heteroatoms. The predicted molar refractivity (Wildman–Crippen MR) is 82.4 cm³/mol. The van der Waals surface area contributed by atoms with Crippen molar-refractivity contribution in [2.45, 2.75) is 11.3 Å². The van der Waals surface area contributed by atoms with Crippen LogP contribution in [-0.2, 0) is 10.0 Å². The number of sulfonamides is 1. The van der Waals surface area contributed by atoms with Gasteiger partial charge in [0.2, 0.25) is 0 Å². The Hall–Kier alpha value is -2.83. The van der Waals surface area contributed by atoms with Crippen LogP contribution < -0.4 is 4.31 Å². The molecule has 0 bridgehead atoms. The van der Waals surface area contributed by atoms with Crippen LogP contribution in [-0.4, -0.2) is 15.0 Å². The van der Waals surface area contributed by atoms with E-state index < -0.39 is 10.0 Å². The van der Waals surface area contributed by atoms with E-state index in [9.17, 15) is 8.42 Å². The van der Waals surface area contributed by atoms with Crippen molar-refractivity contribution in [1.29, 1.82) is 10.5 Å². The number of benzene rings is 2. The highest BCUT2D eigenvalue weighted by Crippen LogP contribution is 2.23. The van der Waals surface area contributed by atoms with Gasteiger partial charge in [0.1, 0.15) is 0 Å². The number of nitriles is 2. The van der Waals surface area contributed by atoms with Crippen LogP contribution in [0.3, 0.4) is 0 Å². The molecule has 0 saturated carbocycles. The smallest absolute Gasteiger partial charge is 0.264 e. The van der Waals surface area contributed by atoms with Gasteiger partial charge in [-0.3, -0.25) is 4.31 Å². The molecule has 0 atom stereocenters. The van der Waals surface area contributed by atoms with Gasteiger partial charge in [-0.05, 0) is 36.4 Å². The van der Waals surface area contributed by atoms with Gasteiger partial charge in [0.05, 0.1) is 34.7 Å². The van der Waals surface area contributed by atoms with E-state index in [2.05, 4.69) is 0 Å². The van der Waals surface area contributed by atoms with Crippen molar-refractivity contribution in [2.24, 2.45) is 0 Å². The molecule has 0 saturated heterocycles. The average molecular weight is 311 g/mol. The van der Waals surface area contributed by atoms with Gasteiger partial charge in [0, 0.05) is 6.54 Å². The lowest BCUT2D eigenvalue weighted by Crippen LogP contribution is -2.31. The van der Waals surface area contributed by atoms with Gasteiger partial charge in [0.25, 0.3) is 10.0 Å². The average Bonchev–Trinajstić information content (AvgIpc) is 2.56. The van der Waals surface area contributed by atoms with E-state index in [1.54, 1.807) is 30.3 Å². The van der Waals surface area contributed by atoms with E-state index in [4.69, 9.17) is 10.5 Å². The Labute approximate surface area is 129 Å². The minimum absolute atomic E-state index is 0.0723. The van der Waals surface area contributed by atoms with Crippen molar-refractivity contribution in [3.8, 4) is 12.1 Å². The molecule has 0 aliphatic carbocycles. The minimum atomic E-state index is -3.78. The summed E-state index contributed by atoms with van der Waals surface area (Å²) < 4.78 is 26.7. The zero-order valence-corrected chi connectivity index (χ0v) is 12.5. The fourth-order valence-electron chi connectivity index (χ4n) is 1.96. The number of anilines is 1. The predicted octanol–water partition coefficient (Wildman–Crippen LogP) is 2.67. The van der Waals surface area contributed by atoms with Crippen LogP contribution >= 0.6 is 0 Å². The van der Waals surface area contributed by atoms with Gasteiger partial charge < -0.3 is 0 Å². The van der Waals surface area contributed by atoms with Gasteiger partial charge >= 0.3 is 0 Å². The van der Waals surface area contributed by atoms with Gasteiger partial charge in [-0.25, -0.2) is 8.42 Å². The Bertz CT molecular complexity index is 816. The summed E-state index contributed by atoms with van der Waals surface area (Å²) in [5, 5.41) is 17.5. The first-order valence-electron chi connectivity index (χ1n) is 6.54. The molecule has 0 aliphatic rings. The molecule has 0 unspecified atom stereocenters. The van der Waals surface area contributed by atoms with E-state index in [-0.39, 0.29) is 17.9 Å². The SMILES string of the molecule is N#CCCN(c1ccccc1)S(=O)(=O)c1ccc(C#N)cc1. The van der Waals surface area contributed by atoms with E-state index in [1.807, 2.05) is 12.1 Å². The van der Waals surface area contributed by atoms with E-state index in [0.29, 0.717) is 11.3 Å². The highest BCUT2D eigenvalue weighted by Gasteiger charge is 2.24. The van der Waals surface area contributed by atoms with Gasteiger partial charge in [-0.1, -0.05) is 18.2 Å². The van der Waals surface area contributed by atoms with Crippen LogP contribution in [0.5, 0.6) is 0 Å². The van der Waals surface area contributed by atoms with E-state index >= 15 is 0 Å². The summed E-state index contributed by atoms with van der Waals surface area (Å²) in [7, 11) is -3.78. The lowest BCUT2D eigenvalue weighted by Gasteiger charge is -2.23. The molecule has 110 valence electrons. The number of rotatable bonds is 5. The van der Waals surface area contributed by atoms with Crippen molar-refractivity contribution in [3.05, 3.63) is 60.2 Å². The summed E-state index contributed by atoms with van der Waals surface area (Å²) in [6.07, 6.45) is 0.0877. The van der Waals surface area contributed by atoms with Crippen molar-refractivity contribution in [1.82, 2.24) is 0 Å². The molecule has 2 aromatic carbocycles. The summed E-state index contributed by atoms with van der Waals surface area (Å²) in [4.78, 5) is 0.0910. The molecule has 0 heterocycles. The zero-order chi connectivity index (χ0) is 16.0. The molecule has 2 aromatic rings. The molecular weight excluding hydrogens is 298 g/mol. The topological polar surface area (TPSA) is 85.0 Å². The quantitative estimate of drug-likeness (QED) is 0.849. The van der Waals surface area contributed by atoms with Crippen LogP contribution in [0.15, 0.2) is 59.5 Å². The first-order chi connectivity index (χ1) is 10.6. The third-order valence-electron chi connectivity index (χ3n) is 3.04. The van der Waals surface area contributed by atoms with E-state index in [0.717, 1.165) is 0 Å². The maximum absolute atomic E-state index is 12.8. The van der Waals surface area contributed by atoms with Crippen LogP contribution in [0, 0.1) is 22.7 Å². The molecule has 0 aliphatic heterocycles. The minimum Gasteiger partial charge on any atom is -0.265 e. The zero-order valence-electron chi connectivity index (χ0n) is 11.7. The van der Waals surface area contributed by atoms with Crippen LogP contribution in [0.2, 0.25) is 0 Å². The van der Waals surface area contributed by atoms with Crippen molar-refractivity contribution in [2.75, 3.05) is 10.8 Å². The molecule has 0 fully saturated rings.